The van der Waals surface area contributed by atoms with Gasteiger partial charge in [0.1, 0.15) is 0 Å². The van der Waals surface area contributed by atoms with E-state index in [0.717, 1.165) is 15.8 Å². The van der Waals surface area contributed by atoms with Gasteiger partial charge >= 0.3 is 0 Å². The molecule has 1 aromatic rings. The van der Waals surface area contributed by atoms with Crippen molar-refractivity contribution in [1.82, 2.24) is 0 Å². The molecule has 0 saturated heterocycles. The van der Waals surface area contributed by atoms with E-state index in [2.05, 4.69) is 21.2 Å². The van der Waals surface area contributed by atoms with Crippen molar-refractivity contribution in [2.75, 3.05) is 36.7 Å². The first kappa shape index (κ1) is 13.6. The minimum atomic E-state index is -0.532. The average molecular weight is 308 g/mol. The molecule has 0 heterocycles. The molecule has 90 valence electrons. The molecule has 2 N–H and O–H groups in total. The van der Waals surface area contributed by atoms with Gasteiger partial charge in [-0.25, -0.2) is 0 Å². The summed E-state index contributed by atoms with van der Waals surface area (Å²) in [7, 11) is 3.96. The van der Waals surface area contributed by atoms with Crippen LogP contribution >= 0.6 is 27.5 Å². The Hall–Kier alpha value is -0.450. The fourth-order valence-electron chi connectivity index (χ4n) is 1.32. The lowest BCUT2D eigenvalue weighted by Gasteiger charge is -2.19. The summed E-state index contributed by atoms with van der Waals surface area (Å²) in [6.45, 7) is 0.445. The van der Waals surface area contributed by atoms with Gasteiger partial charge < -0.3 is 15.3 Å². The lowest BCUT2D eigenvalue weighted by molar-refractivity contribution is 0.211. The average Bonchev–Trinajstić information content (AvgIpc) is 2.25. The minimum Gasteiger partial charge on any atom is -0.390 e. The maximum Gasteiger partial charge on any atom is 0.0847 e. The van der Waals surface area contributed by atoms with E-state index in [1.165, 1.54) is 0 Å². The highest BCUT2D eigenvalue weighted by Crippen LogP contribution is 2.27. The van der Waals surface area contributed by atoms with Gasteiger partial charge in [-0.1, -0.05) is 15.9 Å². The molecule has 0 aromatic heterocycles. The number of aliphatic hydroxyl groups is 1. The third-order valence-corrected chi connectivity index (χ3v) is 3.00. The molecule has 3 nitrogen and oxygen atoms in total. The van der Waals surface area contributed by atoms with Crippen molar-refractivity contribution < 1.29 is 5.11 Å². The number of alkyl halides is 1. The van der Waals surface area contributed by atoms with Crippen LogP contribution in [0.5, 0.6) is 0 Å². The second-order valence-electron chi connectivity index (χ2n) is 3.74. The predicted octanol–water partition coefficient (Wildman–Crippen LogP) is 2.53. The fraction of sp³-hybridized carbons (Fsp3) is 0.455. The van der Waals surface area contributed by atoms with Gasteiger partial charge in [0.15, 0.2) is 0 Å². The summed E-state index contributed by atoms with van der Waals surface area (Å²) in [5.74, 6) is 0.234. The van der Waals surface area contributed by atoms with Crippen LogP contribution in [0.4, 0.5) is 11.4 Å². The summed E-state index contributed by atoms with van der Waals surface area (Å²) in [5, 5.41) is 12.6. The summed E-state index contributed by atoms with van der Waals surface area (Å²) in [5.41, 5.74) is 2.05. The molecule has 0 amide bonds. The van der Waals surface area contributed by atoms with E-state index < -0.39 is 6.10 Å². The van der Waals surface area contributed by atoms with Crippen molar-refractivity contribution in [1.29, 1.82) is 0 Å². The maximum absolute atomic E-state index is 9.40. The molecule has 0 aliphatic heterocycles. The zero-order valence-corrected chi connectivity index (χ0v) is 11.7. The summed E-state index contributed by atoms with van der Waals surface area (Å²) in [6.07, 6.45) is -0.532. The molecule has 0 fully saturated rings. The first-order chi connectivity index (χ1) is 7.54. The Balaban J connectivity index is 2.80. The van der Waals surface area contributed by atoms with Crippen molar-refractivity contribution >= 4 is 38.9 Å². The summed E-state index contributed by atoms with van der Waals surface area (Å²) in [4.78, 5) is 2.02. The second kappa shape index (κ2) is 6.33. The third-order valence-electron chi connectivity index (χ3n) is 2.15. The Labute approximate surface area is 110 Å². The molecular formula is C11H16BrClN2O. The Bertz CT molecular complexity index is 347. The van der Waals surface area contributed by atoms with Gasteiger partial charge in [0, 0.05) is 25.1 Å². The van der Waals surface area contributed by atoms with Crippen LogP contribution in [0.25, 0.3) is 0 Å². The molecule has 1 unspecified atom stereocenters. The smallest absolute Gasteiger partial charge is 0.0847 e. The molecule has 0 aliphatic rings. The highest BCUT2D eigenvalue weighted by Gasteiger charge is 2.07. The summed E-state index contributed by atoms with van der Waals surface area (Å²) >= 11 is 8.96. The molecule has 0 aliphatic carbocycles. The van der Waals surface area contributed by atoms with E-state index >= 15 is 0 Å². The molecule has 0 radical (unpaired) electrons. The summed E-state index contributed by atoms with van der Waals surface area (Å²) in [6, 6.07) is 5.98. The van der Waals surface area contributed by atoms with Crippen LogP contribution in [0.2, 0.25) is 0 Å². The lowest BCUT2D eigenvalue weighted by Crippen LogP contribution is -2.22. The number of nitrogens with one attached hydrogen (secondary N) is 1. The molecular weight excluding hydrogens is 291 g/mol. The van der Waals surface area contributed by atoms with E-state index in [1.807, 2.05) is 37.2 Å². The molecule has 1 aromatic carbocycles. The second-order valence-corrected chi connectivity index (χ2v) is 4.97. The van der Waals surface area contributed by atoms with E-state index in [0.29, 0.717) is 6.54 Å². The Morgan fingerprint density at radius 3 is 2.75 bits per heavy atom. The van der Waals surface area contributed by atoms with E-state index in [4.69, 9.17) is 11.6 Å². The number of rotatable bonds is 5. The Morgan fingerprint density at radius 2 is 2.19 bits per heavy atom. The number of benzene rings is 1. The quantitative estimate of drug-likeness (QED) is 0.821. The molecule has 1 atom stereocenters. The van der Waals surface area contributed by atoms with Crippen LogP contribution < -0.4 is 10.2 Å². The molecule has 1 rings (SSSR count). The number of anilines is 2. The maximum atomic E-state index is 9.40. The van der Waals surface area contributed by atoms with Crippen LogP contribution in [0, 0.1) is 0 Å². The van der Waals surface area contributed by atoms with Crippen LogP contribution in [0.1, 0.15) is 0 Å². The van der Waals surface area contributed by atoms with Crippen molar-refractivity contribution in [3.05, 3.63) is 22.7 Å². The van der Waals surface area contributed by atoms with Crippen molar-refractivity contribution in [2.24, 2.45) is 0 Å². The Kier molecular flexibility index (Phi) is 5.38. The number of halogens is 2. The SMILES string of the molecule is CN(C)c1ccc(Br)cc1NCC(O)CCl. The van der Waals surface area contributed by atoms with E-state index in [9.17, 15) is 5.11 Å². The largest absolute Gasteiger partial charge is 0.390 e. The minimum absolute atomic E-state index is 0.234. The monoisotopic (exact) mass is 306 g/mol. The molecule has 0 bridgehead atoms. The van der Waals surface area contributed by atoms with Gasteiger partial charge in [0.25, 0.3) is 0 Å². The van der Waals surface area contributed by atoms with Gasteiger partial charge in [-0.3, -0.25) is 0 Å². The number of hydrogen-bond donors (Lipinski definition) is 2. The topological polar surface area (TPSA) is 35.5 Å². The Morgan fingerprint density at radius 1 is 1.50 bits per heavy atom. The van der Waals surface area contributed by atoms with Gasteiger partial charge in [0.2, 0.25) is 0 Å². The van der Waals surface area contributed by atoms with Gasteiger partial charge in [0.05, 0.1) is 23.4 Å². The normalized spacial score (nSPS) is 12.3. The number of nitrogens with zero attached hydrogens (tertiary/aromatic N) is 1. The molecule has 5 heteroatoms. The van der Waals surface area contributed by atoms with Crippen LogP contribution in [0.3, 0.4) is 0 Å². The fourth-order valence-corrected chi connectivity index (χ4v) is 1.79. The first-order valence-corrected chi connectivity index (χ1v) is 6.32. The van der Waals surface area contributed by atoms with Crippen molar-refractivity contribution in [2.45, 2.75) is 6.10 Å². The van der Waals surface area contributed by atoms with E-state index in [1.54, 1.807) is 0 Å². The first-order valence-electron chi connectivity index (χ1n) is 4.99. The highest BCUT2D eigenvalue weighted by molar-refractivity contribution is 9.10. The standard InChI is InChI=1S/C11H16BrClN2O/c1-15(2)11-4-3-8(12)5-10(11)14-7-9(16)6-13/h3-5,9,14,16H,6-7H2,1-2H3. The zero-order chi connectivity index (χ0) is 12.1. The van der Waals surface area contributed by atoms with Crippen LogP contribution in [-0.2, 0) is 0 Å². The van der Waals surface area contributed by atoms with Crippen LogP contribution in [-0.4, -0.2) is 37.7 Å². The van der Waals surface area contributed by atoms with Gasteiger partial charge in [-0.05, 0) is 18.2 Å². The highest BCUT2D eigenvalue weighted by atomic mass is 79.9. The number of aliphatic hydroxyl groups excluding tert-OH is 1. The molecule has 0 spiro atoms. The lowest BCUT2D eigenvalue weighted by atomic mass is 10.2. The zero-order valence-electron chi connectivity index (χ0n) is 9.37. The van der Waals surface area contributed by atoms with Gasteiger partial charge in [-0.15, -0.1) is 11.6 Å². The van der Waals surface area contributed by atoms with Crippen molar-refractivity contribution in [3.8, 4) is 0 Å². The van der Waals surface area contributed by atoms with Crippen LogP contribution in [0.15, 0.2) is 22.7 Å². The molecule has 16 heavy (non-hydrogen) atoms. The van der Waals surface area contributed by atoms with Gasteiger partial charge in [-0.2, -0.15) is 0 Å². The molecule has 0 saturated carbocycles. The third kappa shape index (κ3) is 3.85. The summed E-state index contributed by atoms with van der Waals surface area (Å²) < 4.78 is 1.00. The van der Waals surface area contributed by atoms with Crippen molar-refractivity contribution in [3.63, 3.8) is 0 Å². The van der Waals surface area contributed by atoms with E-state index in [-0.39, 0.29) is 5.88 Å². The number of hydrogen-bond acceptors (Lipinski definition) is 3. The predicted molar refractivity (Wildman–Crippen MR) is 73.7 cm³/mol.